The number of nitrogens with zero attached hydrogens (tertiary/aromatic N) is 1. The molecule has 10 nitrogen and oxygen atoms in total. The molecule has 172 valence electrons. The van der Waals surface area contributed by atoms with Crippen LogP contribution < -0.4 is 10.6 Å². The van der Waals surface area contributed by atoms with Crippen LogP contribution in [0.25, 0.3) is 0 Å². The maximum Gasteiger partial charge on any atom is 0.408 e. The Kier molecular flexibility index (Phi) is 9.44. The van der Waals surface area contributed by atoms with Gasteiger partial charge in [-0.1, -0.05) is 29.8 Å². The fourth-order valence-electron chi connectivity index (χ4n) is 2.64. The van der Waals surface area contributed by atoms with E-state index >= 15 is 0 Å². The maximum absolute atomic E-state index is 13.0. The number of rotatable bonds is 8. The molecule has 0 bridgehead atoms. The van der Waals surface area contributed by atoms with E-state index in [4.69, 9.17) is 4.74 Å². The van der Waals surface area contributed by atoms with Gasteiger partial charge >= 0.3 is 12.1 Å². The molecular weight excluding hydrogens is 406 g/mol. The van der Waals surface area contributed by atoms with E-state index in [1.54, 1.807) is 45.0 Å². The lowest BCUT2D eigenvalue weighted by Crippen LogP contribution is -2.53. The van der Waals surface area contributed by atoms with E-state index in [9.17, 15) is 24.3 Å². The minimum Gasteiger partial charge on any atom is -0.468 e. The number of hydrogen-bond acceptors (Lipinski definition) is 7. The summed E-state index contributed by atoms with van der Waals surface area (Å²) < 4.78 is 9.64. The molecule has 0 aliphatic rings. The summed E-state index contributed by atoms with van der Waals surface area (Å²) in [5.41, 5.74) is 0.640. The Hall–Kier alpha value is -3.14. The summed E-state index contributed by atoms with van der Waals surface area (Å²) in [6, 6.07) is 4.45. The quantitative estimate of drug-likeness (QED) is 0.509. The van der Waals surface area contributed by atoms with Crippen molar-refractivity contribution >= 4 is 23.9 Å². The first-order valence-corrected chi connectivity index (χ1v) is 9.67. The molecule has 31 heavy (non-hydrogen) atoms. The Labute approximate surface area is 181 Å². The Balaban J connectivity index is 3.10. The van der Waals surface area contributed by atoms with E-state index < -0.39 is 48.2 Å². The highest BCUT2D eigenvalue weighted by atomic mass is 16.6. The second-order valence-corrected chi connectivity index (χ2v) is 7.94. The van der Waals surface area contributed by atoms with Crippen molar-refractivity contribution in [3.63, 3.8) is 0 Å². The normalized spacial score (nSPS) is 12.9. The van der Waals surface area contributed by atoms with Crippen LogP contribution in [-0.4, -0.2) is 72.8 Å². The molecule has 3 N–H and O–H groups in total. The number of methoxy groups -OCH3 is 1. The molecule has 2 atom stereocenters. The lowest BCUT2D eigenvalue weighted by Gasteiger charge is -2.31. The number of esters is 1. The van der Waals surface area contributed by atoms with Gasteiger partial charge in [0.25, 0.3) is 0 Å². The van der Waals surface area contributed by atoms with Gasteiger partial charge < -0.3 is 30.1 Å². The summed E-state index contributed by atoms with van der Waals surface area (Å²) in [6.45, 7) is 5.78. The third-order valence-electron chi connectivity index (χ3n) is 4.18. The van der Waals surface area contributed by atoms with Gasteiger partial charge in [-0.2, -0.15) is 0 Å². The summed E-state index contributed by atoms with van der Waals surface area (Å²) in [7, 11) is 2.56. The number of aliphatic hydroxyl groups is 1. The average Bonchev–Trinajstić information content (AvgIpc) is 2.69. The summed E-state index contributed by atoms with van der Waals surface area (Å²) in [4.78, 5) is 50.3. The fourth-order valence-corrected chi connectivity index (χ4v) is 2.64. The number of alkyl carbamates (subject to hydrolysis) is 1. The number of likely N-dealkylation sites (N-methyl/N-ethyl adjacent to an activating group) is 1. The van der Waals surface area contributed by atoms with Crippen LogP contribution in [0, 0.1) is 6.92 Å². The molecule has 3 amide bonds. The van der Waals surface area contributed by atoms with Crippen LogP contribution in [0.15, 0.2) is 24.3 Å². The van der Waals surface area contributed by atoms with Crippen molar-refractivity contribution in [1.82, 2.24) is 15.5 Å². The van der Waals surface area contributed by atoms with Gasteiger partial charge in [0.2, 0.25) is 11.8 Å². The number of benzene rings is 1. The van der Waals surface area contributed by atoms with Gasteiger partial charge in [0.15, 0.2) is 0 Å². The predicted octanol–water partition coefficient (Wildman–Crippen LogP) is 0.669. The van der Waals surface area contributed by atoms with Crippen molar-refractivity contribution in [2.45, 2.75) is 45.4 Å². The molecule has 10 heteroatoms. The molecule has 0 aromatic heterocycles. The highest BCUT2D eigenvalue weighted by Gasteiger charge is 2.34. The zero-order valence-electron chi connectivity index (χ0n) is 18.7. The predicted molar refractivity (Wildman–Crippen MR) is 112 cm³/mol. The van der Waals surface area contributed by atoms with Gasteiger partial charge in [0, 0.05) is 7.05 Å². The Morgan fingerprint density at radius 1 is 1.13 bits per heavy atom. The molecule has 1 aromatic carbocycles. The molecule has 2 unspecified atom stereocenters. The molecular formula is C21H31N3O7. The van der Waals surface area contributed by atoms with Crippen molar-refractivity contribution in [3.8, 4) is 0 Å². The number of aryl methyl sites for hydroxylation is 1. The third kappa shape index (κ3) is 8.25. The zero-order valence-corrected chi connectivity index (χ0v) is 18.7. The van der Waals surface area contributed by atoms with Crippen LogP contribution >= 0.6 is 0 Å². The molecule has 0 aliphatic carbocycles. The Bertz CT molecular complexity index is 787. The SMILES string of the molecule is COC(=O)CNC(=O)C(c1ccc(C)cc1)N(C)C(=O)C(CO)NC(=O)OC(C)(C)C. The molecule has 0 fully saturated rings. The van der Waals surface area contributed by atoms with Crippen molar-refractivity contribution in [2.24, 2.45) is 0 Å². The van der Waals surface area contributed by atoms with Gasteiger partial charge in [0.05, 0.1) is 13.7 Å². The first-order valence-electron chi connectivity index (χ1n) is 9.67. The van der Waals surface area contributed by atoms with Crippen LogP contribution in [0.5, 0.6) is 0 Å². The number of carbonyl (C=O) groups is 4. The van der Waals surface area contributed by atoms with Crippen LogP contribution in [0.4, 0.5) is 4.79 Å². The zero-order chi connectivity index (χ0) is 23.8. The monoisotopic (exact) mass is 437 g/mol. The van der Waals surface area contributed by atoms with Gasteiger partial charge in [-0.3, -0.25) is 14.4 Å². The van der Waals surface area contributed by atoms with Crippen LogP contribution in [-0.2, 0) is 23.9 Å². The molecule has 0 saturated heterocycles. The summed E-state index contributed by atoms with van der Waals surface area (Å²) >= 11 is 0. The lowest BCUT2D eigenvalue weighted by molar-refractivity contribution is -0.144. The van der Waals surface area contributed by atoms with E-state index in [0.717, 1.165) is 10.5 Å². The molecule has 1 aromatic rings. The molecule has 0 aliphatic heterocycles. The summed E-state index contributed by atoms with van der Waals surface area (Å²) in [6.07, 6.45) is -0.879. The van der Waals surface area contributed by atoms with E-state index in [1.807, 2.05) is 6.92 Å². The van der Waals surface area contributed by atoms with Crippen molar-refractivity contribution in [3.05, 3.63) is 35.4 Å². The van der Waals surface area contributed by atoms with E-state index in [-0.39, 0.29) is 6.54 Å². The molecule has 0 spiro atoms. The smallest absolute Gasteiger partial charge is 0.408 e. The van der Waals surface area contributed by atoms with Crippen LogP contribution in [0.2, 0.25) is 0 Å². The Morgan fingerprint density at radius 3 is 2.19 bits per heavy atom. The van der Waals surface area contributed by atoms with Crippen molar-refractivity contribution in [1.29, 1.82) is 0 Å². The summed E-state index contributed by atoms with van der Waals surface area (Å²) in [5, 5.41) is 14.4. The first kappa shape index (κ1) is 25.9. The standard InChI is InChI=1S/C21H31N3O7/c1-13-7-9-14(10-8-13)17(18(27)22-11-16(26)30-6)24(5)19(28)15(12-25)23-20(29)31-21(2,3)4/h7-10,15,17,25H,11-12H2,1-6H3,(H,22,27)(H,23,29). The lowest BCUT2D eigenvalue weighted by atomic mass is 10.0. The molecule has 1 rings (SSSR count). The second kappa shape index (κ2) is 11.3. The number of ether oxygens (including phenoxy) is 2. The fraction of sp³-hybridized carbons (Fsp3) is 0.524. The number of amides is 3. The topological polar surface area (TPSA) is 134 Å². The van der Waals surface area contributed by atoms with E-state index in [0.29, 0.717) is 5.56 Å². The number of carbonyl (C=O) groups excluding carboxylic acids is 4. The Morgan fingerprint density at radius 2 is 1.71 bits per heavy atom. The van der Waals surface area contributed by atoms with Gasteiger partial charge in [-0.25, -0.2) is 4.79 Å². The molecule has 0 saturated carbocycles. The van der Waals surface area contributed by atoms with Crippen LogP contribution in [0.1, 0.15) is 37.9 Å². The minimum atomic E-state index is -1.33. The maximum atomic E-state index is 13.0. The summed E-state index contributed by atoms with van der Waals surface area (Å²) in [5.74, 6) is -1.99. The molecule has 0 heterocycles. The second-order valence-electron chi connectivity index (χ2n) is 7.94. The number of nitrogens with one attached hydrogen (secondary N) is 2. The van der Waals surface area contributed by atoms with Crippen LogP contribution in [0.3, 0.4) is 0 Å². The van der Waals surface area contributed by atoms with Crippen molar-refractivity contribution in [2.75, 3.05) is 27.3 Å². The van der Waals surface area contributed by atoms with Gasteiger partial charge in [-0.05, 0) is 33.3 Å². The van der Waals surface area contributed by atoms with E-state index in [2.05, 4.69) is 15.4 Å². The van der Waals surface area contributed by atoms with E-state index in [1.165, 1.54) is 14.2 Å². The van der Waals surface area contributed by atoms with Crippen molar-refractivity contribution < 1.29 is 33.8 Å². The van der Waals surface area contributed by atoms with Gasteiger partial charge in [0.1, 0.15) is 24.2 Å². The number of hydrogen-bond donors (Lipinski definition) is 3. The highest BCUT2D eigenvalue weighted by molar-refractivity contribution is 5.93. The average molecular weight is 437 g/mol. The third-order valence-corrected chi connectivity index (χ3v) is 4.18. The number of aliphatic hydroxyl groups excluding tert-OH is 1. The van der Waals surface area contributed by atoms with Gasteiger partial charge in [-0.15, -0.1) is 0 Å². The largest absolute Gasteiger partial charge is 0.468 e. The molecule has 0 radical (unpaired) electrons. The highest BCUT2D eigenvalue weighted by Crippen LogP contribution is 2.21. The first-order chi connectivity index (χ1) is 14.4. The minimum absolute atomic E-state index is 0.376.